The molecule has 0 unspecified atom stereocenters. The van der Waals surface area contributed by atoms with E-state index in [1.165, 1.54) is 5.56 Å². The van der Waals surface area contributed by atoms with Crippen LogP contribution < -0.4 is 9.80 Å². The van der Waals surface area contributed by atoms with Crippen LogP contribution in [0.15, 0.2) is 36.7 Å². The number of hydrogen-bond donors (Lipinski definition) is 0. The van der Waals surface area contributed by atoms with Crippen LogP contribution in [0.4, 0.5) is 11.4 Å². The monoisotopic (exact) mass is 321 g/mol. The number of rotatable bonds is 2. The molecule has 1 aromatic carbocycles. The summed E-state index contributed by atoms with van der Waals surface area (Å²) in [7, 11) is 1.82. The highest BCUT2D eigenvalue weighted by molar-refractivity contribution is 6.01. The van der Waals surface area contributed by atoms with Gasteiger partial charge in [-0.25, -0.2) is 0 Å². The van der Waals surface area contributed by atoms with Crippen LogP contribution in [-0.4, -0.2) is 30.4 Å². The number of nitrogens with zero attached hydrogens (tertiary/aromatic N) is 3. The van der Waals surface area contributed by atoms with Crippen molar-refractivity contribution in [1.29, 1.82) is 0 Å². The van der Waals surface area contributed by atoms with Gasteiger partial charge in [-0.15, -0.1) is 0 Å². The van der Waals surface area contributed by atoms with Crippen LogP contribution in [0, 0.1) is 0 Å². The molecule has 5 heteroatoms. The lowest BCUT2D eigenvalue weighted by Gasteiger charge is -2.28. The molecule has 2 aliphatic heterocycles. The fraction of sp³-hybridized carbons (Fsp3) is 0.316. The van der Waals surface area contributed by atoms with Crippen molar-refractivity contribution in [3.8, 4) is 11.1 Å². The summed E-state index contributed by atoms with van der Waals surface area (Å²) >= 11 is 0. The van der Waals surface area contributed by atoms with Gasteiger partial charge >= 0.3 is 0 Å². The van der Waals surface area contributed by atoms with Gasteiger partial charge in [-0.2, -0.15) is 0 Å². The van der Waals surface area contributed by atoms with Gasteiger partial charge in [0.15, 0.2) is 0 Å². The van der Waals surface area contributed by atoms with Crippen molar-refractivity contribution >= 4 is 23.2 Å². The maximum absolute atomic E-state index is 12.1. The number of hydrogen-bond acceptors (Lipinski definition) is 3. The standard InChI is InChI=1S/C19H19N3O2/c1-21-17(23)8-7-13-4-2-5-16(19(13)21)14-10-15(12-20-11-14)22-9-3-6-18(22)24/h2,4-5,10-12H,3,6-9H2,1H3. The van der Waals surface area contributed by atoms with E-state index in [1.807, 2.05) is 25.2 Å². The SMILES string of the molecule is CN1C(=O)CCc2cccc(-c3cncc(N4CCCC4=O)c3)c21. The number of amides is 2. The Morgan fingerprint density at radius 2 is 1.92 bits per heavy atom. The van der Waals surface area contributed by atoms with Crippen LogP contribution in [0.1, 0.15) is 24.8 Å². The van der Waals surface area contributed by atoms with Crippen LogP contribution in [0.5, 0.6) is 0 Å². The van der Waals surface area contributed by atoms with E-state index in [-0.39, 0.29) is 11.8 Å². The molecule has 1 fully saturated rings. The quantitative estimate of drug-likeness (QED) is 0.854. The number of aromatic nitrogens is 1. The van der Waals surface area contributed by atoms with E-state index in [9.17, 15) is 9.59 Å². The first kappa shape index (κ1) is 14.9. The van der Waals surface area contributed by atoms with E-state index < -0.39 is 0 Å². The first-order valence-electron chi connectivity index (χ1n) is 8.29. The molecule has 0 N–H and O–H groups in total. The molecule has 0 bridgehead atoms. The molecule has 3 heterocycles. The second-order valence-corrected chi connectivity index (χ2v) is 6.35. The van der Waals surface area contributed by atoms with E-state index in [1.54, 1.807) is 22.2 Å². The van der Waals surface area contributed by atoms with Gasteiger partial charge in [0.05, 0.1) is 17.6 Å². The molecule has 0 radical (unpaired) electrons. The Morgan fingerprint density at radius 3 is 2.71 bits per heavy atom. The van der Waals surface area contributed by atoms with Crippen molar-refractivity contribution in [2.75, 3.05) is 23.4 Å². The number of benzene rings is 1. The van der Waals surface area contributed by atoms with E-state index in [2.05, 4.69) is 11.1 Å². The fourth-order valence-electron chi connectivity index (χ4n) is 3.60. The van der Waals surface area contributed by atoms with E-state index in [4.69, 9.17) is 0 Å². The minimum Gasteiger partial charge on any atom is -0.315 e. The topological polar surface area (TPSA) is 53.5 Å². The Balaban J connectivity index is 1.80. The molecule has 24 heavy (non-hydrogen) atoms. The largest absolute Gasteiger partial charge is 0.315 e. The highest BCUT2D eigenvalue weighted by Crippen LogP contribution is 2.38. The molecule has 4 rings (SSSR count). The Kier molecular flexibility index (Phi) is 3.56. The van der Waals surface area contributed by atoms with Crippen LogP contribution in [0.25, 0.3) is 11.1 Å². The minimum absolute atomic E-state index is 0.133. The molecule has 1 aromatic heterocycles. The van der Waals surface area contributed by atoms with E-state index in [0.29, 0.717) is 12.8 Å². The Hall–Kier alpha value is -2.69. The van der Waals surface area contributed by atoms with Gasteiger partial charge in [0, 0.05) is 43.8 Å². The molecular weight excluding hydrogens is 302 g/mol. The zero-order valence-corrected chi connectivity index (χ0v) is 13.7. The molecule has 1 saturated heterocycles. The highest BCUT2D eigenvalue weighted by Gasteiger charge is 2.25. The molecular formula is C19H19N3O2. The summed E-state index contributed by atoms with van der Waals surface area (Å²) in [6.07, 6.45) is 6.34. The van der Waals surface area contributed by atoms with E-state index in [0.717, 1.165) is 41.9 Å². The predicted octanol–water partition coefficient (Wildman–Crippen LogP) is 2.78. The van der Waals surface area contributed by atoms with Crippen molar-refractivity contribution in [3.63, 3.8) is 0 Å². The summed E-state index contributed by atoms with van der Waals surface area (Å²) in [5.41, 5.74) is 4.89. The van der Waals surface area contributed by atoms with Gasteiger partial charge in [-0.3, -0.25) is 14.6 Å². The van der Waals surface area contributed by atoms with Gasteiger partial charge in [-0.1, -0.05) is 18.2 Å². The Bertz CT molecular complexity index is 831. The van der Waals surface area contributed by atoms with Crippen LogP contribution in [-0.2, 0) is 16.0 Å². The molecule has 0 spiro atoms. The maximum atomic E-state index is 12.1. The summed E-state index contributed by atoms with van der Waals surface area (Å²) in [5, 5.41) is 0. The van der Waals surface area contributed by atoms with E-state index >= 15 is 0 Å². The number of fused-ring (bicyclic) bond motifs is 1. The number of para-hydroxylation sites is 1. The van der Waals surface area contributed by atoms with Gasteiger partial charge < -0.3 is 9.80 Å². The highest BCUT2D eigenvalue weighted by atomic mass is 16.2. The lowest BCUT2D eigenvalue weighted by Crippen LogP contribution is -2.31. The predicted molar refractivity (Wildman–Crippen MR) is 93.0 cm³/mol. The summed E-state index contributed by atoms with van der Waals surface area (Å²) in [5.74, 6) is 0.283. The lowest BCUT2D eigenvalue weighted by molar-refractivity contribution is -0.118. The number of carbonyl (C=O) groups is 2. The van der Waals surface area contributed by atoms with Crippen molar-refractivity contribution in [1.82, 2.24) is 4.98 Å². The van der Waals surface area contributed by atoms with Crippen LogP contribution >= 0.6 is 0 Å². The Labute approximate surface area is 140 Å². The molecule has 2 amide bonds. The maximum Gasteiger partial charge on any atom is 0.227 e. The molecule has 5 nitrogen and oxygen atoms in total. The van der Waals surface area contributed by atoms with Gasteiger partial charge in [-0.05, 0) is 24.5 Å². The second-order valence-electron chi connectivity index (χ2n) is 6.35. The third-order valence-corrected chi connectivity index (χ3v) is 4.86. The first-order chi connectivity index (χ1) is 11.6. The third kappa shape index (κ3) is 2.37. The van der Waals surface area contributed by atoms with Crippen LogP contribution in [0.3, 0.4) is 0 Å². The molecule has 0 saturated carbocycles. The normalized spacial score (nSPS) is 17.4. The molecule has 0 atom stereocenters. The average Bonchev–Trinajstić information content (AvgIpc) is 3.04. The van der Waals surface area contributed by atoms with Crippen molar-refractivity contribution in [2.24, 2.45) is 0 Å². The number of aryl methyl sites for hydroxylation is 1. The summed E-state index contributed by atoms with van der Waals surface area (Å²) in [6, 6.07) is 8.10. The average molecular weight is 321 g/mol. The smallest absolute Gasteiger partial charge is 0.227 e. The summed E-state index contributed by atoms with van der Waals surface area (Å²) in [6.45, 7) is 0.745. The van der Waals surface area contributed by atoms with Gasteiger partial charge in [0.2, 0.25) is 11.8 Å². The van der Waals surface area contributed by atoms with Crippen LogP contribution in [0.2, 0.25) is 0 Å². The van der Waals surface area contributed by atoms with Crippen molar-refractivity contribution in [2.45, 2.75) is 25.7 Å². The zero-order chi connectivity index (χ0) is 16.7. The third-order valence-electron chi connectivity index (χ3n) is 4.86. The van der Waals surface area contributed by atoms with Gasteiger partial charge in [0.1, 0.15) is 0 Å². The molecule has 2 aromatic rings. The summed E-state index contributed by atoms with van der Waals surface area (Å²) in [4.78, 5) is 32.0. The number of carbonyl (C=O) groups excluding carboxylic acids is 2. The first-order valence-corrected chi connectivity index (χ1v) is 8.29. The number of anilines is 2. The minimum atomic E-state index is 0.133. The van der Waals surface area contributed by atoms with Gasteiger partial charge in [0.25, 0.3) is 0 Å². The molecule has 0 aliphatic carbocycles. The summed E-state index contributed by atoms with van der Waals surface area (Å²) < 4.78 is 0. The molecule has 2 aliphatic rings. The lowest BCUT2D eigenvalue weighted by atomic mass is 9.94. The van der Waals surface area contributed by atoms with Crippen molar-refractivity contribution < 1.29 is 9.59 Å². The van der Waals surface area contributed by atoms with Crippen molar-refractivity contribution in [3.05, 3.63) is 42.2 Å². The zero-order valence-electron chi connectivity index (χ0n) is 13.7. The Morgan fingerprint density at radius 1 is 1.04 bits per heavy atom. The fourth-order valence-corrected chi connectivity index (χ4v) is 3.60. The second kappa shape index (κ2) is 5.74. The number of pyridine rings is 1. The molecule has 122 valence electrons.